The van der Waals surface area contributed by atoms with Crippen molar-refractivity contribution in [1.82, 2.24) is 0 Å². The van der Waals surface area contributed by atoms with Gasteiger partial charge in [-0.15, -0.1) is 0 Å². The van der Waals surface area contributed by atoms with E-state index in [1.54, 1.807) is 0 Å². The van der Waals surface area contributed by atoms with Crippen molar-refractivity contribution in [2.45, 2.75) is 13.3 Å². The molecule has 0 bridgehead atoms. The number of ether oxygens (including phenoxy) is 2. The van der Waals surface area contributed by atoms with Crippen molar-refractivity contribution < 1.29 is 14.3 Å². The van der Waals surface area contributed by atoms with Crippen LogP contribution >= 0.6 is 12.6 Å². The van der Waals surface area contributed by atoms with Gasteiger partial charge in [0.25, 0.3) is 0 Å². The molecule has 0 spiro atoms. The minimum absolute atomic E-state index is 0.261. The van der Waals surface area contributed by atoms with Gasteiger partial charge in [-0.25, -0.2) is 0 Å². The molecule has 0 radical (unpaired) electrons. The highest BCUT2D eigenvalue weighted by atomic mass is 32.1. The smallest absolute Gasteiger partial charge is 0.302 e. The first-order valence-electron chi connectivity index (χ1n) is 3.59. The van der Waals surface area contributed by atoms with Gasteiger partial charge in [-0.2, -0.15) is 12.6 Å². The standard InChI is InChI=1S/C7H14O3S/c1-7(8)10-5-4-9-3-2-6-11/h11H,2-6H2,1H3. The van der Waals surface area contributed by atoms with Gasteiger partial charge in [-0.05, 0) is 12.2 Å². The van der Waals surface area contributed by atoms with E-state index in [0.29, 0.717) is 19.8 Å². The fourth-order valence-electron chi connectivity index (χ4n) is 0.513. The van der Waals surface area contributed by atoms with Crippen LogP contribution in [0.3, 0.4) is 0 Å². The van der Waals surface area contributed by atoms with Crippen LogP contribution in [0.2, 0.25) is 0 Å². The van der Waals surface area contributed by atoms with Gasteiger partial charge in [0.05, 0.1) is 6.61 Å². The van der Waals surface area contributed by atoms with E-state index in [2.05, 4.69) is 17.4 Å². The van der Waals surface area contributed by atoms with Crippen molar-refractivity contribution in [3.63, 3.8) is 0 Å². The highest BCUT2D eigenvalue weighted by molar-refractivity contribution is 7.80. The molecule has 0 unspecified atom stereocenters. The van der Waals surface area contributed by atoms with Crippen LogP contribution in [0.5, 0.6) is 0 Å². The fourth-order valence-corrected chi connectivity index (χ4v) is 0.642. The number of thiol groups is 1. The van der Waals surface area contributed by atoms with Crippen LogP contribution < -0.4 is 0 Å². The number of hydrogen-bond donors (Lipinski definition) is 1. The first-order valence-corrected chi connectivity index (χ1v) is 4.22. The predicted molar refractivity (Wildman–Crippen MR) is 45.9 cm³/mol. The van der Waals surface area contributed by atoms with Crippen molar-refractivity contribution in [2.24, 2.45) is 0 Å². The van der Waals surface area contributed by atoms with Gasteiger partial charge in [-0.3, -0.25) is 4.79 Å². The van der Waals surface area contributed by atoms with Gasteiger partial charge in [0, 0.05) is 13.5 Å². The van der Waals surface area contributed by atoms with Crippen LogP contribution in [0.25, 0.3) is 0 Å². The Morgan fingerprint density at radius 3 is 2.64 bits per heavy atom. The minimum Gasteiger partial charge on any atom is -0.463 e. The first-order chi connectivity index (χ1) is 5.27. The summed E-state index contributed by atoms with van der Waals surface area (Å²) >= 11 is 4.01. The van der Waals surface area contributed by atoms with Crippen LogP contribution in [-0.4, -0.2) is 31.5 Å². The largest absolute Gasteiger partial charge is 0.463 e. The molecule has 11 heavy (non-hydrogen) atoms. The molecule has 0 atom stereocenters. The van der Waals surface area contributed by atoms with E-state index < -0.39 is 0 Å². The van der Waals surface area contributed by atoms with E-state index >= 15 is 0 Å². The SMILES string of the molecule is CC(=O)OCCOCCCS. The molecule has 0 aromatic heterocycles. The molecule has 0 rings (SSSR count). The van der Waals surface area contributed by atoms with Crippen molar-refractivity contribution in [3.05, 3.63) is 0 Å². The molecule has 0 heterocycles. The van der Waals surface area contributed by atoms with Gasteiger partial charge in [0.1, 0.15) is 6.61 Å². The van der Waals surface area contributed by atoms with Gasteiger partial charge >= 0.3 is 5.97 Å². The summed E-state index contributed by atoms with van der Waals surface area (Å²) in [6, 6.07) is 0. The maximum Gasteiger partial charge on any atom is 0.302 e. The van der Waals surface area contributed by atoms with E-state index in [0.717, 1.165) is 12.2 Å². The molecular weight excluding hydrogens is 164 g/mol. The average Bonchev–Trinajstić information content (AvgIpc) is 1.96. The Labute approximate surface area is 72.5 Å². The third-order valence-electron chi connectivity index (χ3n) is 0.980. The summed E-state index contributed by atoms with van der Waals surface area (Å²) in [6.07, 6.45) is 0.934. The second kappa shape index (κ2) is 7.88. The number of carbonyl (C=O) groups is 1. The molecule has 0 amide bonds. The van der Waals surface area contributed by atoms with E-state index in [9.17, 15) is 4.79 Å². The molecular formula is C7H14O3S. The van der Waals surface area contributed by atoms with Gasteiger partial charge in [0.2, 0.25) is 0 Å². The Balaban J connectivity index is 2.85. The third-order valence-corrected chi connectivity index (χ3v) is 1.30. The summed E-state index contributed by atoms with van der Waals surface area (Å²) in [5, 5.41) is 0. The molecule has 4 heteroatoms. The fraction of sp³-hybridized carbons (Fsp3) is 0.857. The first kappa shape index (κ1) is 10.8. The Bertz CT molecular complexity index is 106. The summed E-state index contributed by atoms with van der Waals surface area (Å²) in [6.45, 7) is 2.90. The lowest BCUT2D eigenvalue weighted by Gasteiger charge is -2.02. The van der Waals surface area contributed by atoms with Crippen LogP contribution in [0, 0.1) is 0 Å². The molecule has 0 saturated carbocycles. The average molecular weight is 178 g/mol. The second-order valence-electron chi connectivity index (χ2n) is 2.03. The third kappa shape index (κ3) is 9.78. The van der Waals surface area contributed by atoms with Crippen LogP contribution in [-0.2, 0) is 14.3 Å². The molecule has 0 aliphatic heterocycles. The summed E-state index contributed by atoms with van der Waals surface area (Å²) in [4.78, 5) is 10.2. The topological polar surface area (TPSA) is 35.5 Å². The lowest BCUT2D eigenvalue weighted by atomic mass is 10.5. The highest BCUT2D eigenvalue weighted by Crippen LogP contribution is 1.86. The molecule has 0 aliphatic carbocycles. The van der Waals surface area contributed by atoms with Crippen molar-refractivity contribution in [3.8, 4) is 0 Å². The maximum absolute atomic E-state index is 10.2. The zero-order valence-corrected chi connectivity index (χ0v) is 7.60. The Morgan fingerprint density at radius 2 is 2.09 bits per heavy atom. The molecule has 66 valence electrons. The van der Waals surface area contributed by atoms with Crippen molar-refractivity contribution in [1.29, 1.82) is 0 Å². The normalized spacial score (nSPS) is 9.64. The molecule has 0 aliphatic rings. The summed E-state index contributed by atoms with van der Waals surface area (Å²) in [7, 11) is 0. The lowest BCUT2D eigenvalue weighted by Crippen LogP contribution is -2.08. The van der Waals surface area contributed by atoms with Gasteiger partial charge < -0.3 is 9.47 Å². The molecule has 0 N–H and O–H groups in total. The van der Waals surface area contributed by atoms with Crippen LogP contribution in [0.1, 0.15) is 13.3 Å². The second-order valence-corrected chi connectivity index (χ2v) is 2.48. The van der Waals surface area contributed by atoms with Crippen LogP contribution in [0.4, 0.5) is 0 Å². The van der Waals surface area contributed by atoms with Crippen molar-refractivity contribution in [2.75, 3.05) is 25.6 Å². The van der Waals surface area contributed by atoms with Gasteiger partial charge in [-0.1, -0.05) is 0 Å². The highest BCUT2D eigenvalue weighted by Gasteiger charge is 1.91. The summed E-state index contributed by atoms with van der Waals surface area (Å²) in [5.41, 5.74) is 0. The monoisotopic (exact) mass is 178 g/mol. The molecule has 0 aromatic carbocycles. The molecule has 0 aromatic rings. The Hall–Kier alpha value is -0.220. The lowest BCUT2D eigenvalue weighted by molar-refractivity contribution is -0.142. The van der Waals surface area contributed by atoms with Gasteiger partial charge in [0.15, 0.2) is 0 Å². The van der Waals surface area contributed by atoms with E-state index in [-0.39, 0.29) is 5.97 Å². The van der Waals surface area contributed by atoms with E-state index in [1.807, 2.05) is 0 Å². The number of hydrogen-bond acceptors (Lipinski definition) is 4. The zero-order valence-electron chi connectivity index (χ0n) is 6.71. The van der Waals surface area contributed by atoms with Crippen molar-refractivity contribution >= 4 is 18.6 Å². The van der Waals surface area contributed by atoms with E-state index in [4.69, 9.17) is 4.74 Å². The summed E-state index contributed by atoms with van der Waals surface area (Å²) in [5.74, 6) is 0.566. The minimum atomic E-state index is -0.261. The quantitative estimate of drug-likeness (QED) is 0.372. The molecule has 3 nitrogen and oxygen atoms in total. The maximum atomic E-state index is 10.2. The van der Waals surface area contributed by atoms with Crippen LogP contribution in [0.15, 0.2) is 0 Å². The molecule has 0 saturated heterocycles. The molecule has 0 fully saturated rings. The number of esters is 1. The summed E-state index contributed by atoms with van der Waals surface area (Å²) < 4.78 is 9.74. The Morgan fingerprint density at radius 1 is 1.36 bits per heavy atom. The Kier molecular flexibility index (Phi) is 7.72. The zero-order chi connectivity index (χ0) is 8.53. The van der Waals surface area contributed by atoms with E-state index in [1.165, 1.54) is 6.92 Å². The number of rotatable bonds is 6. The number of carbonyl (C=O) groups excluding carboxylic acids is 1. The predicted octanol–water partition coefficient (Wildman–Crippen LogP) is 0.886.